The van der Waals surface area contributed by atoms with Crippen LogP contribution >= 0.6 is 11.8 Å². The molecule has 19 heavy (non-hydrogen) atoms. The largest absolute Gasteiger partial charge is 0.379 e. The van der Waals surface area contributed by atoms with E-state index in [4.69, 9.17) is 4.74 Å². The molecule has 2 heterocycles. The summed E-state index contributed by atoms with van der Waals surface area (Å²) in [6.45, 7) is 7.98. The highest BCUT2D eigenvalue weighted by Crippen LogP contribution is 2.14. The lowest BCUT2D eigenvalue weighted by Crippen LogP contribution is -2.50. The number of aromatic nitrogens is 2. The van der Waals surface area contributed by atoms with E-state index in [0.29, 0.717) is 12.1 Å². The SMILES string of the molecule is CSc1cncc(NC[C@@H](C)N2CCOC[C@H]2C)n1. The summed E-state index contributed by atoms with van der Waals surface area (Å²) in [4.78, 5) is 11.1. The molecule has 0 unspecified atom stereocenters. The molecule has 6 heteroatoms. The number of morpholine rings is 1. The second-order valence-corrected chi connectivity index (χ2v) is 5.66. The highest BCUT2D eigenvalue weighted by atomic mass is 32.2. The summed E-state index contributed by atoms with van der Waals surface area (Å²) >= 11 is 1.61. The van der Waals surface area contributed by atoms with Gasteiger partial charge in [-0.1, -0.05) is 0 Å². The molecule has 0 amide bonds. The van der Waals surface area contributed by atoms with Gasteiger partial charge in [-0.3, -0.25) is 9.88 Å². The van der Waals surface area contributed by atoms with Gasteiger partial charge in [0.2, 0.25) is 0 Å². The van der Waals surface area contributed by atoms with Crippen LogP contribution in [0.2, 0.25) is 0 Å². The van der Waals surface area contributed by atoms with Gasteiger partial charge in [-0.25, -0.2) is 4.98 Å². The zero-order valence-electron chi connectivity index (χ0n) is 11.8. The van der Waals surface area contributed by atoms with Gasteiger partial charge < -0.3 is 10.1 Å². The van der Waals surface area contributed by atoms with Crippen molar-refractivity contribution in [2.75, 3.05) is 37.9 Å². The van der Waals surface area contributed by atoms with Crippen LogP contribution in [-0.4, -0.2) is 59.5 Å². The third-order valence-corrected chi connectivity index (χ3v) is 4.00. The molecule has 1 aliphatic rings. The number of anilines is 1. The number of hydrogen-bond donors (Lipinski definition) is 1. The molecule has 1 N–H and O–H groups in total. The van der Waals surface area contributed by atoms with Crippen molar-refractivity contribution in [2.24, 2.45) is 0 Å². The summed E-state index contributed by atoms with van der Waals surface area (Å²) < 4.78 is 5.47. The lowest BCUT2D eigenvalue weighted by Gasteiger charge is -2.37. The van der Waals surface area contributed by atoms with Crippen molar-refractivity contribution < 1.29 is 4.74 Å². The standard InChI is InChI=1S/C13H22N4OS/c1-10(17-4-5-18-9-11(17)2)6-15-12-7-14-8-13(16-12)19-3/h7-8,10-11H,4-6,9H2,1-3H3,(H,15,16)/t10-,11-/m1/s1. The molecule has 1 aromatic heterocycles. The Labute approximate surface area is 119 Å². The Morgan fingerprint density at radius 2 is 2.42 bits per heavy atom. The van der Waals surface area contributed by atoms with E-state index in [-0.39, 0.29) is 0 Å². The Balaban J connectivity index is 1.86. The Morgan fingerprint density at radius 1 is 1.58 bits per heavy atom. The molecule has 0 bridgehead atoms. The van der Waals surface area contributed by atoms with Crippen molar-refractivity contribution in [3.05, 3.63) is 12.4 Å². The molecule has 0 aromatic carbocycles. The molecule has 2 rings (SSSR count). The Hall–Kier alpha value is -0.850. The van der Waals surface area contributed by atoms with Crippen molar-refractivity contribution in [1.82, 2.24) is 14.9 Å². The van der Waals surface area contributed by atoms with Gasteiger partial charge in [-0.05, 0) is 20.1 Å². The minimum Gasteiger partial charge on any atom is -0.379 e. The molecule has 0 aliphatic carbocycles. The van der Waals surface area contributed by atoms with Gasteiger partial charge in [0.15, 0.2) is 0 Å². The number of hydrogen-bond acceptors (Lipinski definition) is 6. The predicted molar refractivity (Wildman–Crippen MR) is 78.8 cm³/mol. The third kappa shape index (κ3) is 4.06. The summed E-state index contributed by atoms with van der Waals surface area (Å²) in [7, 11) is 0. The molecule has 106 valence electrons. The van der Waals surface area contributed by atoms with Crippen molar-refractivity contribution in [1.29, 1.82) is 0 Å². The van der Waals surface area contributed by atoms with E-state index in [0.717, 1.165) is 37.1 Å². The maximum Gasteiger partial charge on any atom is 0.145 e. The summed E-state index contributed by atoms with van der Waals surface area (Å²) in [6, 6.07) is 0.938. The van der Waals surface area contributed by atoms with Gasteiger partial charge in [0.1, 0.15) is 10.8 Å². The second kappa shape index (κ2) is 7.07. The topological polar surface area (TPSA) is 50.3 Å². The quantitative estimate of drug-likeness (QED) is 0.830. The van der Waals surface area contributed by atoms with Crippen LogP contribution in [0.5, 0.6) is 0 Å². The van der Waals surface area contributed by atoms with E-state index in [9.17, 15) is 0 Å². The van der Waals surface area contributed by atoms with Crippen LogP contribution in [0.15, 0.2) is 17.4 Å². The summed E-state index contributed by atoms with van der Waals surface area (Å²) in [5, 5.41) is 4.31. The fourth-order valence-electron chi connectivity index (χ4n) is 2.30. The predicted octanol–water partition coefficient (Wildman–Crippen LogP) is 1.72. The molecule has 1 saturated heterocycles. The molecular weight excluding hydrogens is 260 g/mol. The van der Waals surface area contributed by atoms with Gasteiger partial charge in [-0.15, -0.1) is 11.8 Å². The van der Waals surface area contributed by atoms with Crippen LogP contribution in [0, 0.1) is 0 Å². The molecule has 1 aliphatic heterocycles. The van der Waals surface area contributed by atoms with Crippen molar-refractivity contribution in [3.63, 3.8) is 0 Å². The van der Waals surface area contributed by atoms with E-state index in [2.05, 4.69) is 34.0 Å². The van der Waals surface area contributed by atoms with Crippen LogP contribution in [0.4, 0.5) is 5.82 Å². The Bertz CT molecular complexity index is 404. The third-order valence-electron chi connectivity index (χ3n) is 3.39. The fraction of sp³-hybridized carbons (Fsp3) is 0.692. The minimum absolute atomic E-state index is 0.457. The van der Waals surface area contributed by atoms with E-state index in [1.165, 1.54) is 0 Å². The molecule has 2 atom stereocenters. The monoisotopic (exact) mass is 282 g/mol. The summed E-state index contributed by atoms with van der Waals surface area (Å²) in [6.07, 6.45) is 5.56. The smallest absolute Gasteiger partial charge is 0.145 e. The van der Waals surface area contributed by atoms with Crippen LogP contribution < -0.4 is 5.32 Å². The highest BCUT2D eigenvalue weighted by molar-refractivity contribution is 7.98. The van der Waals surface area contributed by atoms with E-state index in [1.54, 1.807) is 24.2 Å². The summed E-state index contributed by atoms with van der Waals surface area (Å²) in [5.74, 6) is 0.847. The van der Waals surface area contributed by atoms with Gasteiger partial charge >= 0.3 is 0 Å². The number of nitrogens with one attached hydrogen (secondary N) is 1. The zero-order chi connectivity index (χ0) is 13.7. The van der Waals surface area contributed by atoms with Crippen molar-refractivity contribution in [3.8, 4) is 0 Å². The minimum atomic E-state index is 0.457. The maximum absolute atomic E-state index is 5.47. The molecule has 0 spiro atoms. The first kappa shape index (κ1) is 14.6. The van der Waals surface area contributed by atoms with Gasteiger partial charge in [0.25, 0.3) is 0 Å². The lowest BCUT2D eigenvalue weighted by molar-refractivity contribution is -0.0159. The van der Waals surface area contributed by atoms with E-state index >= 15 is 0 Å². The second-order valence-electron chi connectivity index (χ2n) is 4.84. The number of ether oxygens (including phenoxy) is 1. The highest BCUT2D eigenvalue weighted by Gasteiger charge is 2.23. The molecule has 0 saturated carbocycles. The molecule has 0 radical (unpaired) electrons. The molecule has 1 fully saturated rings. The van der Waals surface area contributed by atoms with Crippen molar-refractivity contribution in [2.45, 2.75) is 31.0 Å². The lowest BCUT2D eigenvalue weighted by atomic mass is 10.2. The molecular formula is C13H22N4OS. The summed E-state index contributed by atoms with van der Waals surface area (Å²) in [5.41, 5.74) is 0. The van der Waals surface area contributed by atoms with E-state index in [1.807, 2.05) is 6.26 Å². The number of rotatable bonds is 5. The zero-order valence-corrected chi connectivity index (χ0v) is 12.6. The first-order valence-corrected chi connectivity index (χ1v) is 7.86. The Morgan fingerprint density at radius 3 is 3.16 bits per heavy atom. The normalized spacial score (nSPS) is 22.2. The number of thioether (sulfide) groups is 1. The van der Waals surface area contributed by atoms with Gasteiger partial charge in [-0.2, -0.15) is 0 Å². The average Bonchev–Trinajstić information content (AvgIpc) is 2.45. The number of nitrogens with zero attached hydrogens (tertiary/aromatic N) is 3. The van der Waals surface area contributed by atoms with Crippen molar-refractivity contribution >= 4 is 17.6 Å². The van der Waals surface area contributed by atoms with Crippen LogP contribution in [0.25, 0.3) is 0 Å². The van der Waals surface area contributed by atoms with E-state index < -0.39 is 0 Å². The van der Waals surface area contributed by atoms with Crippen LogP contribution in [0.1, 0.15) is 13.8 Å². The molecule has 1 aromatic rings. The van der Waals surface area contributed by atoms with Crippen LogP contribution in [-0.2, 0) is 4.74 Å². The van der Waals surface area contributed by atoms with Gasteiger partial charge in [0.05, 0.1) is 25.6 Å². The maximum atomic E-state index is 5.47. The average molecular weight is 282 g/mol. The fourth-order valence-corrected chi connectivity index (χ4v) is 2.65. The molecule has 5 nitrogen and oxygen atoms in total. The first-order chi connectivity index (χ1) is 9.20. The first-order valence-electron chi connectivity index (χ1n) is 6.64. The van der Waals surface area contributed by atoms with Gasteiger partial charge in [0, 0.05) is 25.2 Å². The Kier molecular flexibility index (Phi) is 5.42. The van der Waals surface area contributed by atoms with Crippen LogP contribution in [0.3, 0.4) is 0 Å².